The Labute approximate surface area is 98.7 Å². The van der Waals surface area contributed by atoms with Crippen LogP contribution in [-0.4, -0.2) is 11.1 Å². The molecule has 2 rings (SSSR count). The number of hydrogen-bond donors (Lipinski definition) is 1. The first-order valence-corrected chi connectivity index (χ1v) is 6.33. The Morgan fingerprint density at radius 3 is 3.00 bits per heavy atom. The van der Waals surface area contributed by atoms with Crippen molar-refractivity contribution in [2.24, 2.45) is 7.05 Å². The smallest absolute Gasteiger partial charge is 0.307 e. The molecule has 0 bridgehead atoms. The zero-order valence-electron chi connectivity index (χ0n) is 9.62. The summed E-state index contributed by atoms with van der Waals surface area (Å²) in [6, 6.07) is 6.21. The van der Waals surface area contributed by atoms with Crippen molar-refractivity contribution in [3.8, 4) is 0 Å². The highest BCUT2D eigenvalue weighted by Gasteiger charge is 2.04. The molecule has 0 fully saturated rings. The first-order chi connectivity index (χ1) is 7.72. The molecule has 0 saturated heterocycles. The van der Waals surface area contributed by atoms with Crippen LogP contribution in [0.3, 0.4) is 0 Å². The fourth-order valence-electron chi connectivity index (χ4n) is 1.70. The number of nitrogens with zero attached hydrogens (tertiary/aromatic N) is 1. The van der Waals surface area contributed by atoms with Crippen molar-refractivity contribution < 1.29 is 0 Å². The molecule has 0 spiro atoms. The van der Waals surface area contributed by atoms with Gasteiger partial charge in [-0.2, -0.15) is 0 Å². The van der Waals surface area contributed by atoms with Crippen LogP contribution in [0.4, 0.5) is 0 Å². The van der Waals surface area contributed by atoms with E-state index in [1.165, 1.54) is 16.9 Å². The normalized spacial score (nSPS) is 11.1. The average Bonchev–Trinajstić information content (AvgIpc) is 2.55. The van der Waals surface area contributed by atoms with E-state index in [0.717, 1.165) is 29.7 Å². The molecular weight excluding hydrogens is 220 g/mol. The molecule has 1 N–H and O–H groups in total. The van der Waals surface area contributed by atoms with Gasteiger partial charge in [0, 0.05) is 13.6 Å². The van der Waals surface area contributed by atoms with Gasteiger partial charge in [0.1, 0.15) is 0 Å². The predicted octanol–water partition coefficient (Wildman–Crippen LogP) is 2.10. The Bertz CT molecular complexity index is 541. The SMILES string of the molecule is CCCNCc1ccc2c(c1)sc(=O)n2C. The third kappa shape index (κ3) is 2.18. The molecule has 0 atom stereocenters. The van der Waals surface area contributed by atoms with Gasteiger partial charge in [0.2, 0.25) is 0 Å². The summed E-state index contributed by atoms with van der Waals surface area (Å²) in [6.45, 7) is 4.06. The summed E-state index contributed by atoms with van der Waals surface area (Å²) in [6.07, 6.45) is 1.14. The molecule has 0 unspecified atom stereocenters. The van der Waals surface area contributed by atoms with Crippen LogP contribution >= 0.6 is 11.3 Å². The van der Waals surface area contributed by atoms with Gasteiger partial charge in [-0.3, -0.25) is 4.79 Å². The maximum atomic E-state index is 11.5. The number of nitrogens with one attached hydrogen (secondary N) is 1. The van der Waals surface area contributed by atoms with Crippen LogP contribution in [0.15, 0.2) is 23.0 Å². The Hall–Kier alpha value is -1.13. The lowest BCUT2D eigenvalue weighted by atomic mass is 10.2. The molecular formula is C12H16N2OS. The van der Waals surface area contributed by atoms with Gasteiger partial charge in [0.15, 0.2) is 0 Å². The standard InChI is InChI=1S/C12H16N2OS/c1-3-6-13-8-9-4-5-10-11(7-9)16-12(15)14(10)2/h4-5,7,13H,3,6,8H2,1-2H3. The number of aromatic nitrogens is 1. The zero-order chi connectivity index (χ0) is 11.5. The molecule has 86 valence electrons. The van der Waals surface area contributed by atoms with Crippen LogP contribution in [0.1, 0.15) is 18.9 Å². The molecule has 0 amide bonds. The fraction of sp³-hybridized carbons (Fsp3) is 0.417. The topological polar surface area (TPSA) is 34.0 Å². The molecule has 1 aromatic heterocycles. The number of fused-ring (bicyclic) bond motifs is 1. The van der Waals surface area contributed by atoms with Gasteiger partial charge in [-0.1, -0.05) is 24.3 Å². The van der Waals surface area contributed by atoms with E-state index in [1.807, 2.05) is 13.1 Å². The number of aryl methyl sites for hydroxylation is 1. The van der Waals surface area contributed by atoms with Crippen molar-refractivity contribution in [1.29, 1.82) is 0 Å². The van der Waals surface area contributed by atoms with Crippen molar-refractivity contribution in [2.45, 2.75) is 19.9 Å². The van der Waals surface area contributed by atoms with Crippen molar-refractivity contribution in [1.82, 2.24) is 9.88 Å². The maximum absolute atomic E-state index is 11.5. The highest BCUT2D eigenvalue weighted by atomic mass is 32.1. The van der Waals surface area contributed by atoms with Crippen LogP contribution in [-0.2, 0) is 13.6 Å². The summed E-state index contributed by atoms with van der Waals surface area (Å²) in [4.78, 5) is 11.6. The lowest BCUT2D eigenvalue weighted by Gasteiger charge is -2.03. The molecule has 0 aliphatic carbocycles. The number of hydrogen-bond acceptors (Lipinski definition) is 3. The van der Waals surface area contributed by atoms with E-state index in [9.17, 15) is 4.79 Å². The van der Waals surface area contributed by atoms with Crippen molar-refractivity contribution in [3.63, 3.8) is 0 Å². The average molecular weight is 236 g/mol. The molecule has 4 heteroatoms. The second kappa shape index (κ2) is 4.80. The van der Waals surface area contributed by atoms with Crippen LogP contribution in [0.25, 0.3) is 10.2 Å². The number of thiazole rings is 1. The first-order valence-electron chi connectivity index (χ1n) is 5.51. The molecule has 2 aromatic rings. The van der Waals surface area contributed by atoms with Crippen molar-refractivity contribution >= 4 is 21.6 Å². The minimum atomic E-state index is 0.105. The lowest BCUT2D eigenvalue weighted by molar-refractivity contribution is 0.676. The van der Waals surface area contributed by atoms with E-state index in [1.54, 1.807) is 4.57 Å². The Morgan fingerprint density at radius 1 is 1.44 bits per heavy atom. The summed E-state index contributed by atoms with van der Waals surface area (Å²) in [5.41, 5.74) is 2.26. The highest BCUT2D eigenvalue weighted by molar-refractivity contribution is 7.16. The predicted molar refractivity (Wildman–Crippen MR) is 69.1 cm³/mol. The van der Waals surface area contributed by atoms with Crippen molar-refractivity contribution in [3.05, 3.63) is 33.4 Å². The van der Waals surface area contributed by atoms with Gasteiger partial charge in [0.05, 0.1) is 10.2 Å². The van der Waals surface area contributed by atoms with Crippen molar-refractivity contribution in [2.75, 3.05) is 6.54 Å². The van der Waals surface area contributed by atoms with E-state index >= 15 is 0 Å². The van der Waals surface area contributed by atoms with Gasteiger partial charge in [-0.15, -0.1) is 0 Å². The maximum Gasteiger partial charge on any atom is 0.307 e. The summed E-state index contributed by atoms with van der Waals surface area (Å²) < 4.78 is 2.77. The minimum Gasteiger partial charge on any atom is -0.313 e. The summed E-state index contributed by atoms with van der Waals surface area (Å²) in [5, 5.41) is 3.36. The third-order valence-electron chi connectivity index (χ3n) is 2.61. The van der Waals surface area contributed by atoms with Crippen LogP contribution < -0.4 is 10.2 Å². The van der Waals surface area contributed by atoms with Gasteiger partial charge in [-0.25, -0.2) is 0 Å². The quantitative estimate of drug-likeness (QED) is 0.825. The Balaban J connectivity index is 2.27. The van der Waals surface area contributed by atoms with Gasteiger partial charge in [0.25, 0.3) is 0 Å². The summed E-state index contributed by atoms with van der Waals surface area (Å²) in [7, 11) is 1.82. The van der Waals surface area contributed by atoms with E-state index in [4.69, 9.17) is 0 Å². The summed E-state index contributed by atoms with van der Waals surface area (Å²) in [5.74, 6) is 0. The minimum absolute atomic E-state index is 0.105. The number of rotatable bonds is 4. The molecule has 0 aliphatic rings. The summed E-state index contributed by atoms with van der Waals surface area (Å²) >= 11 is 1.31. The first kappa shape index (κ1) is 11.4. The third-order valence-corrected chi connectivity index (χ3v) is 3.61. The van der Waals surface area contributed by atoms with Crippen LogP contribution in [0.2, 0.25) is 0 Å². The second-order valence-electron chi connectivity index (χ2n) is 3.91. The van der Waals surface area contributed by atoms with Gasteiger partial charge in [-0.05, 0) is 30.7 Å². The van der Waals surface area contributed by atoms with E-state index < -0.39 is 0 Å². The lowest BCUT2D eigenvalue weighted by Crippen LogP contribution is -2.13. The monoisotopic (exact) mass is 236 g/mol. The molecule has 1 aromatic carbocycles. The Kier molecular flexibility index (Phi) is 3.41. The fourth-order valence-corrected chi connectivity index (χ4v) is 2.64. The van der Waals surface area contributed by atoms with Crippen LogP contribution in [0, 0.1) is 0 Å². The zero-order valence-corrected chi connectivity index (χ0v) is 10.4. The molecule has 16 heavy (non-hydrogen) atoms. The molecule has 0 radical (unpaired) electrons. The van der Waals surface area contributed by atoms with E-state index in [2.05, 4.69) is 24.4 Å². The molecule has 0 aliphatic heterocycles. The van der Waals surface area contributed by atoms with Gasteiger partial charge < -0.3 is 9.88 Å². The van der Waals surface area contributed by atoms with Gasteiger partial charge >= 0.3 is 4.87 Å². The second-order valence-corrected chi connectivity index (χ2v) is 4.90. The van der Waals surface area contributed by atoms with Crippen LogP contribution in [0.5, 0.6) is 0 Å². The molecule has 3 nitrogen and oxygen atoms in total. The van der Waals surface area contributed by atoms with E-state index in [0.29, 0.717) is 0 Å². The van der Waals surface area contributed by atoms with E-state index in [-0.39, 0.29) is 4.87 Å². The highest BCUT2D eigenvalue weighted by Crippen LogP contribution is 2.18. The Morgan fingerprint density at radius 2 is 2.25 bits per heavy atom. The molecule has 1 heterocycles. The largest absolute Gasteiger partial charge is 0.313 e. The molecule has 0 saturated carbocycles. The number of benzene rings is 1.